The fourth-order valence-electron chi connectivity index (χ4n) is 5.31. The van der Waals surface area contributed by atoms with Crippen LogP contribution in [-0.4, -0.2) is 61.7 Å². The smallest absolute Gasteiger partial charge is 0.359 e. The van der Waals surface area contributed by atoms with Gasteiger partial charge in [0.25, 0.3) is 0 Å². The summed E-state index contributed by atoms with van der Waals surface area (Å²) in [5, 5.41) is 39.1. The molecule has 0 bridgehead atoms. The lowest BCUT2D eigenvalue weighted by Crippen LogP contribution is -2.08. The summed E-state index contributed by atoms with van der Waals surface area (Å²) in [7, 11) is 0. The van der Waals surface area contributed by atoms with Crippen molar-refractivity contribution in [1.29, 1.82) is 0 Å². The first kappa shape index (κ1) is 55.4. The van der Waals surface area contributed by atoms with Crippen LogP contribution in [0.3, 0.4) is 0 Å². The van der Waals surface area contributed by atoms with Crippen molar-refractivity contribution in [2.75, 3.05) is 0 Å². The maximum Gasteiger partial charge on any atom is 0.359 e. The molecule has 0 unspecified atom stereocenters. The molecule has 344 valence electrons. The molecule has 8 aromatic rings. The number of nitrogens with zero attached hydrogens (tertiary/aromatic N) is 7. The number of aromatic carboxylic acids is 1. The second kappa shape index (κ2) is 28.9. The van der Waals surface area contributed by atoms with Gasteiger partial charge in [-0.1, -0.05) is 157 Å². The Morgan fingerprint density at radius 3 is 1.37 bits per heavy atom. The molecule has 0 aliphatic carbocycles. The number of hydrogen-bond donors (Lipinski definition) is 3. The first-order valence-electron chi connectivity index (χ1n) is 18.6. The standard InChI is InChI=1S/C18H14Cl2N2O2.C11H10BrClN2.C11H11ClN2O.C4H4N2O2.3CH4/c19-15-7-3-1-5-13(15)11-22-10-9-17(21-22)18(23)24-12-14-6-2-4-8-16(14)20;12-7-10-5-6-15(14-10)8-9-3-1-2-4-11(9)13;12-11-4-2-1-3-9(11)7-14-6-5-10(8-15)13-14;7-4(8)3-1-2-5-6-3;;;/h1-10H,11-12H2;1-6H,7-8H2;1-6,15H,7-8H2;1-2H,(H,5,6)(H,7,8);3*1H4. The van der Waals surface area contributed by atoms with Crippen LogP contribution in [0, 0.1) is 0 Å². The third-order valence-electron chi connectivity index (χ3n) is 8.46. The van der Waals surface area contributed by atoms with E-state index < -0.39 is 11.9 Å². The van der Waals surface area contributed by atoms with Crippen molar-refractivity contribution in [3.8, 4) is 0 Å². The zero-order valence-corrected chi connectivity index (χ0v) is 37.3. The highest BCUT2D eigenvalue weighted by Crippen LogP contribution is 2.19. The van der Waals surface area contributed by atoms with Crippen molar-refractivity contribution >= 4 is 74.3 Å². The van der Waals surface area contributed by atoms with E-state index in [0.717, 1.165) is 43.3 Å². The number of aromatic amines is 1. The molecule has 0 amide bonds. The molecule has 18 heteroatoms. The van der Waals surface area contributed by atoms with Gasteiger partial charge in [0.1, 0.15) is 12.3 Å². The summed E-state index contributed by atoms with van der Waals surface area (Å²) in [5.41, 5.74) is 5.85. The van der Waals surface area contributed by atoms with Gasteiger partial charge in [-0.3, -0.25) is 19.1 Å². The first-order chi connectivity index (χ1) is 30.0. The summed E-state index contributed by atoms with van der Waals surface area (Å²) in [6.07, 6.45) is 6.90. The number of rotatable bonds is 12. The fraction of sp³-hybridized carbons (Fsp3) is 0.191. The molecule has 0 fully saturated rings. The molecule has 0 radical (unpaired) electrons. The average molecular weight is 1030 g/mol. The van der Waals surface area contributed by atoms with Gasteiger partial charge in [0, 0.05) is 55.8 Å². The molecule has 4 heterocycles. The lowest BCUT2D eigenvalue weighted by atomic mass is 10.2. The molecular weight excluding hydrogens is 978 g/mol. The summed E-state index contributed by atoms with van der Waals surface area (Å²) < 4.78 is 10.5. The van der Waals surface area contributed by atoms with E-state index in [-0.39, 0.29) is 46.9 Å². The Kier molecular flexibility index (Phi) is 24.7. The van der Waals surface area contributed by atoms with Crippen LogP contribution in [0.2, 0.25) is 20.1 Å². The number of alkyl halides is 1. The van der Waals surface area contributed by atoms with Crippen LogP contribution in [0.15, 0.2) is 146 Å². The van der Waals surface area contributed by atoms with E-state index in [2.05, 4.69) is 41.4 Å². The van der Waals surface area contributed by atoms with Gasteiger partial charge in [-0.15, -0.1) is 0 Å². The molecule has 0 saturated heterocycles. The normalized spacial score (nSPS) is 9.88. The van der Waals surface area contributed by atoms with E-state index in [1.54, 1.807) is 33.8 Å². The predicted octanol–water partition coefficient (Wildman–Crippen LogP) is 12.2. The highest BCUT2D eigenvalue weighted by Gasteiger charge is 2.13. The number of carboxylic acid groups (broad SMARTS) is 1. The van der Waals surface area contributed by atoms with Crippen LogP contribution in [0.25, 0.3) is 0 Å². The molecule has 0 aliphatic rings. The molecule has 0 aliphatic heterocycles. The third-order valence-corrected chi connectivity index (χ3v) is 10.5. The van der Waals surface area contributed by atoms with Crippen molar-refractivity contribution in [2.45, 2.75) is 60.5 Å². The van der Waals surface area contributed by atoms with Crippen molar-refractivity contribution < 1.29 is 24.5 Å². The van der Waals surface area contributed by atoms with Crippen LogP contribution in [0.4, 0.5) is 0 Å². The van der Waals surface area contributed by atoms with E-state index in [4.69, 9.17) is 61.4 Å². The summed E-state index contributed by atoms with van der Waals surface area (Å²) in [4.78, 5) is 22.1. The van der Waals surface area contributed by atoms with Gasteiger partial charge in [0.2, 0.25) is 0 Å². The third kappa shape index (κ3) is 18.0. The Labute approximate surface area is 407 Å². The van der Waals surface area contributed by atoms with Crippen molar-refractivity contribution in [3.05, 3.63) is 211 Å². The quantitative estimate of drug-likeness (QED) is 0.0797. The lowest BCUT2D eigenvalue weighted by Gasteiger charge is -2.05. The molecule has 8 rings (SSSR count). The maximum absolute atomic E-state index is 12.1. The number of benzene rings is 4. The van der Waals surface area contributed by atoms with Crippen molar-refractivity contribution in [1.82, 2.24) is 39.5 Å². The molecule has 4 aromatic carbocycles. The molecule has 4 aromatic heterocycles. The van der Waals surface area contributed by atoms with Crippen LogP contribution in [0.1, 0.15) is 76.9 Å². The fourth-order valence-corrected chi connectivity index (χ4v) is 6.38. The zero-order valence-electron chi connectivity index (χ0n) is 32.7. The number of carbonyl (C=O) groups excluding carboxylic acids is 1. The number of esters is 1. The summed E-state index contributed by atoms with van der Waals surface area (Å²) >= 11 is 27.6. The van der Waals surface area contributed by atoms with Crippen molar-refractivity contribution in [3.63, 3.8) is 0 Å². The largest absolute Gasteiger partial charge is 0.477 e. The number of halogens is 5. The van der Waals surface area contributed by atoms with Gasteiger partial charge in [0.05, 0.1) is 37.6 Å². The number of H-pyrrole nitrogens is 1. The Hall–Kier alpha value is -5.74. The summed E-state index contributed by atoms with van der Waals surface area (Å²) in [5.74, 6) is -1.48. The second-order valence-electron chi connectivity index (χ2n) is 12.9. The molecule has 0 atom stereocenters. The number of aliphatic hydroxyl groups excluding tert-OH is 1. The van der Waals surface area contributed by atoms with Crippen LogP contribution in [0.5, 0.6) is 0 Å². The van der Waals surface area contributed by atoms with Gasteiger partial charge in [-0.2, -0.15) is 20.4 Å². The number of nitrogens with one attached hydrogen (secondary N) is 1. The molecular formula is C47H51BrCl4N8O5. The summed E-state index contributed by atoms with van der Waals surface area (Å²) in [6.45, 7) is 1.90. The zero-order chi connectivity index (χ0) is 44.3. The highest BCUT2D eigenvalue weighted by molar-refractivity contribution is 9.08. The Balaban J connectivity index is 0.000000311. The topological polar surface area (TPSA) is 166 Å². The molecule has 65 heavy (non-hydrogen) atoms. The molecule has 0 spiro atoms. The lowest BCUT2D eigenvalue weighted by molar-refractivity contribution is 0.0464. The van der Waals surface area contributed by atoms with Gasteiger partial charge < -0.3 is 14.9 Å². The van der Waals surface area contributed by atoms with Gasteiger partial charge in [0.15, 0.2) is 5.69 Å². The summed E-state index contributed by atoms with van der Waals surface area (Å²) in [6, 6.07) is 37.0. The highest BCUT2D eigenvalue weighted by atomic mass is 79.9. The predicted molar refractivity (Wildman–Crippen MR) is 263 cm³/mol. The van der Waals surface area contributed by atoms with Gasteiger partial charge in [-0.25, -0.2) is 9.59 Å². The van der Waals surface area contributed by atoms with Crippen LogP contribution < -0.4 is 0 Å². The van der Waals surface area contributed by atoms with Gasteiger partial charge in [-0.05, 0) is 65.2 Å². The van der Waals surface area contributed by atoms with Crippen LogP contribution >= 0.6 is 62.3 Å². The molecule has 3 N–H and O–H groups in total. The van der Waals surface area contributed by atoms with E-state index in [1.165, 1.54) is 12.3 Å². The van der Waals surface area contributed by atoms with E-state index in [1.807, 2.05) is 114 Å². The molecule has 0 saturated carbocycles. The number of hydrogen-bond acceptors (Lipinski definition) is 8. The minimum atomic E-state index is -0.984. The molecule has 13 nitrogen and oxygen atoms in total. The number of ether oxygens (including phenoxy) is 1. The van der Waals surface area contributed by atoms with Crippen molar-refractivity contribution in [2.24, 2.45) is 0 Å². The number of carbonyl (C=O) groups is 2. The Morgan fingerprint density at radius 2 is 1.00 bits per heavy atom. The monoisotopic (exact) mass is 1030 g/mol. The number of carboxylic acids is 1. The number of aliphatic hydroxyl groups is 1. The van der Waals surface area contributed by atoms with E-state index in [9.17, 15) is 9.59 Å². The van der Waals surface area contributed by atoms with Gasteiger partial charge >= 0.3 is 11.9 Å². The number of aromatic nitrogens is 8. The second-order valence-corrected chi connectivity index (χ2v) is 15.1. The average Bonchev–Trinajstić information content (AvgIpc) is 4.13. The Bertz CT molecular complexity index is 2550. The minimum Gasteiger partial charge on any atom is -0.477 e. The first-order valence-corrected chi connectivity index (χ1v) is 21.2. The van der Waals surface area contributed by atoms with Crippen LogP contribution in [-0.2, 0) is 42.9 Å². The van der Waals surface area contributed by atoms with E-state index >= 15 is 0 Å². The SMILES string of the molecule is C.C.C.Clc1ccccc1Cn1ccc(CBr)n1.O=C(O)c1ccn[nH]1.O=C(OCc1ccccc1Cl)c1ccn(Cc2ccccc2Cl)n1.OCc1ccn(Cc2ccccc2Cl)n1. The maximum atomic E-state index is 12.1. The minimum absolute atomic E-state index is 0. The Morgan fingerprint density at radius 1 is 0.585 bits per heavy atom. The van der Waals surface area contributed by atoms with E-state index in [0.29, 0.717) is 35.4 Å².